The molecule has 3 nitrogen and oxygen atoms in total. The van der Waals surface area contributed by atoms with Crippen molar-refractivity contribution in [1.29, 1.82) is 0 Å². The van der Waals surface area contributed by atoms with Gasteiger partial charge in [-0.25, -0.2) is 6.29 Å². The molecule has 19 heavy (non-hydrogen) atoms. The Morgan fingerprint density at radius 2 is 2.05 bits per heavy atom. The van der Waals surface area contributed by atoms with E-state index in [2.05, 4.69) is 18.6 Å². The molecule has 1 aromatic carbocycles. The van der Waals surface area contributed by atoms with Gasteiger partial charge in [0, 0.05) is 50.7 Å². The Kier molecular flexibility index (Phi) is 6.09. The normalized spacial score (nSPS) is 20.3. The Morgan fingerprint density at radius 3 is 2.63 bits per heavy atom. The van der Waals surface area contributed by atoms with Crippen molar-refractivity contribution in [2.75, 3.05) is 0 Å². The second kappa shape index (κ2) is 7.11. The van der Waals surface area contributed by atoms with E-state index in [4.69, 9.17) is 0 Å². The Hall–Kier alpha value is -0.796. The number of allylic oxidation sites excluding steroid dienone is 1. The predicted molar refractivity (Wildman–Crippen MR) is 72.9 cm³/mol. The summed E-state index contributed by atoms with van der Waals surface area (Å²) in [6, 6.07) is 9.64. The van der Waals surface area contributed by atoms with E-state index in [1.807, 2.05) is 36.6 Å². The first kappa shape index (κ1) is 16.3. The van der Waals surface area contributed by atoms with Crippen molar-refractivity contribution in [3.05, 3.63) is 48.2 Å². The van der Waals surface area contributed by atoms with Crippen molar-refractivity contribution in [3.63, 3.8) is 0 Å². The van der Waals surface area contributed by atoms with E-state index in [1.54, 1.807) is 11.9 Å². The Bertz CT molecular complexity index is 484. The first-order chi connectivity index (χ1) is 8.63. The number of nitrogens with zero attached hydrogens (tertiary/aromatic N) is 2. The van der Waals surface area contributed by atoms with E-state index in [0.29, 0.717) is 0 Å². The van der Waals surface area contributed by atoms with Crippen molar-refractivity contribution in [2.24, 2.45) is 11.0 Å². The number of rotatable bonds is 3. The third kappa shape index (κ3) is 3.61. The van der Waals surface area contributed by atoms with E-state index < -0.39 is 0 Å². The third-order valence-electron chi connectivity index (χ3n) is 3.24. The summed E-state index contributed by atoms with van der Waals surface area (Å²) in [5.74, 6) is 0.286. The molecule has 97 valence electrons. The van der Waals surface area contributed by atoms with E-state index >= 15 is 0 Å². The van der Waals surface area contributed by atoms with Gasteiger partial charge in [0.15, 0.2) is 0 Å². The molecule has 4 heteroatoms. The Morgan fingerprint density at radius 1 is 1.42 bits per heavy atom. The SMILES string of the molecule is C=C1C(C)CC(c2ccccc2)=NN1C(C)[C-]=O.[Y]. The Balaban J connectivity index is 0.00000180. The minimum Gasteiger partial charge on any atom is -0.540 e. The molecule has 0 aromatic heterocycles. The van der Waals surface area contributed by atoms with Gasteiger partial charge in [0.25, 0.3) is 0 Å². The van der Waals surface area contributed by atoms with Crippen molar-refractivity contribution in [2.45, 2.75) is 26.3 Å². The van der Waals surface area contributed by atoms with Crippen LogP contribution in [0.3, 0.4) is 0 Å². The summed E-state index contributed by atoms with van der Waals surface area (Å²) in [6.45, 7) is 7.90. The number of carbonyl (C=O) groups excluding carboxylic acids is 1. The quantitative estimate of drug-likeness (QED) is 0.799. The van der Waals surface area contributed by atoms with Crippen LogP contribution in [0.2, 0.25) is 0 Å². The van der Waals surface area contributed by atoms with E-state index in [0.717, 1.165) is 23.4 Å². The smallest absolute Gasteiger partial charge is 0.0687 e. The molecule has 0 spiro atoms. The van der Waals surface area contributed by atoms with Crippen molar-refractivity contribution in [1.82, 2.24) is 5.01 Å². The largest absolute Gasteiger partial charge is 0.540 e. The van der Waals surface area contributed by atoms with Gasteiger partial charge in [-0.15, -0.1) is 0 Å². The molecular weight excluding hydrogens is 313 g/mol. The number of hydrogen-bond acceptors (Lipinski definition) is 3. The van der Waals surface area contributed by atoms with Gasteiger partial charge in [-0.1, -0.05) is 50.8 Å². The van der Waals surface area contributed by atoms with Crippen molar-refractivity contribution in [3.8, 4) is 0 Å². The summed E-state index contributed by atoms with van der Waals surface area (Å²) in [5, 5.41) is 6.23. The van der Waals surface area contributed by atoms with Crippen LogP contribution in [0.5, 0.6) is 0 Å². The standard InChI is InChI=1S/C15H17N2O.Y/c1-11-9-15(14-7-5-4-6-8-14)16-17(13(11)3)12(2)10-18;/h4-8,11-12H,3,9H2,1-2H3;/q-1;. The zero-order valence-electron chi connectivity index (χ0n) is 11.3. The number of hydrogen-bond donors (Lipinski definition) is 0. The molecule has 0 amide bonds. The van der Waals surface area contributed by atoms with Crippen molar-refractivity contribution < 1.29 is 37.5 Å². The first-order valence-electron chi connectivity index (χ1n) is 6.12. The molecule has 0 saturated heterocycles. The maximum absolute atomic E-state index is 10.8. The van der Waals surface area contributed by atoms with Gasteiger partial charge < -0.3 is 4.79 Å². The van der Waals surface area contributed by atoms with E-state index in [1.165, 1.54) is 0 Å². The maximum atomic E-state index is 10.8. The summed E-state index contributed by atoms with van der Waals surface area (Å²) in [6.07, 6.45) is 2.82. The van der Waals surface area contributed by atoms with Crippen LogP contribution in [0.4, 0.5) is 0 Å². The summed E-state index contributed by atoms with van der Waals surface area (Å²) >= 11 is 0. The van der Waals surface area contributed by atoms with Crippen LogP contribution in [0.1, 0.15) is 25.8 Å². The molecule has 1 aromatic rings. The minimum atomic E-state index is -0.390. The van der Waals surface area contributed by atoms with Gasteiger partial charge in [-0.2, -0.15) is 5.10 Å². The second-order valence-electron chi connectivity index (χ2n) is 4.65. The fourth-order valence-electron chi connectivity index (χ4n) is 2.06. The molecule has 2 unspecified atom stereocenters. The number of hydrazone groups is 1. The maximum Gasteiger partial charge on any atom is 0.0687 e. The zero-order chi connectivity index (χ0) is 13.1. The molecule has 0 fully saturated rings. The van der Waals surface area contributed by atoms with Crippen LogP contribution in [-0.4, -0.2) is 23.0 Å². The topological polar surface area (TPSA) is 32.7 Å². The van der Waals surface area contributed by atoms with Gasteiger partial charge in [0.2, 0.25) is 0 Å². The molecular formula is C15H17N2OY-. The van der Waals surface area contributed by atoms with Crippen LogP contribution in [0, 0.1) is 5.92 Å². The Labute approximate surface area is 139 Å². The minimum absolute atomic E-state index is 0. The third-order valence-corrected chi connectivity index (χ3v) is 3.24. The molecule has 2 atom stereocenters. The molecule has 0 bridgehead atoms. The van der Waals surface area contributed by atoms with Crippen LogP contribution >= 0.6 is 0 Å². The van der Waals surface area contributed by atoms with Crippen molar-refractivity contribution >= 4 is 12.0 Å². The summed E-state index contributed by atoms with van der Waals surface area (Å²) in [7, 11) is 0. The van der Waals surface area contributed by atoms with Crippen LogP contribution in [-0.2, 0) is 37.5 Å². The average Bonchev–Trinajstić information content (AvgIpc) is 2.41. The molecule has 1 aliphatic rings. The van der Waals surface area contributed by atoms with E-state index in [9.17, 15) is 4.79 Å². The average molecular weight is 330 g/mol. The van der Waals surface area contributed by atoms with Gasteiger partial charge in [-0.05, 0) is 11.6 Å². The monoisotopic (exact) mass is 330 g/mol. The fraction of sp³-hybridized carbons (Fsp3) is 0.333. The zero-order valence-corrected chi connectivity index (χ0v) is 14.2. The molecule has 0 aliphatic carbocycles. The molecule has 1 aliphatic heterocycles. The van der Waals surface area contributed by atoms with Gasteiger partial charge in [0.1, 0.15) is 0 Å². The summed E-state index contributed by atoms with van der Waals surface area (Å²) in [4.78, 5) is 10.8. The number of benzene rings is 1. The first-order valence-corrected chi connectivity index (χ1v) is 6.12. The van der Waals surface area contributed by atoms with Crippen LogP contribution < -0.4 is 0 Å². The molecule has 1 radical (unpaired) electrons. The van der Waals surface area contributed by atoms with E-state index in [-0.39, 0.29) is 44.7 Å². The predicted octanol–water partition coefficient (Wildman–Crippen LogP) is 2.74. The van der Waals surface area contributed by atoms with Gasteiger partial charge >= 0.3 is 0 Å². The van der Waals surface area contributed by atoms with Gasteiger partial charge in [-0.3, -0.25) is 5.01 Å². The molecule has 0 N–H and O–H groups in total. The summed E-state index contributed by atoms with van der Waals surface area (Å²) < 4.78 is 0. The summed E-state index contributed by atoms with van der Waals surface area (Å²) in [5.41, 5.74) is 2.98. The van der Waals surface area contributed by atoms with Crippen LogP contribution in [0.25, 0.3) is 0 Å². The molecule has 1 heterocycles. The molecule has 0 saturated carbocycles. The fourth-order valence-corrected chi connectivity index (χ4v) is 2.06. The van der Waals surface area contributed by atoms with Crippen LogP contribution in [0.15, 0.2) is 47.7 Å². The molecule has 2 rings (SSSR count). The second-order valence-corrected chi connectivity index (χ2v) is 4.65. The van der Waals surface area contributed by atoms with Gasteiger partial charge in [0.05, 0.1) is 5.71 Å².